The molecule has 31 heavy (non-hydrogen) atoms. The van der Waals surface area contributed by atoms with Crippen molar-refractivity contribution >= 4 is 5.91 Å². The molecule has 0 unspecified atom stereocenters. The third-order valence-electron chi connectivity index (χ3n) is 6.15. The van der Waals surface area contributed by atoms with E-state index in [0.29, 0.717) is 5.69 Å². The van der Waals surface area contributed by atoms with E-state index in [1.807, 2.05) is 37.8 Å². The molecule has 0 aliphatic carbocycles. The van der Waals surface area contributed by atoms with Gasteiger partial charge in [0.2, 0.25) is 0 Å². The molecule has 1 aromatic carbocycles. The molecule has 1 N–H and O–H groups in total. The van der Waals surface area contributed by atoms with Gasteiger partial charge in [-0.2, -0.15) is 0 Å². The van der Waals surface area contributed by atoms with Crippen LogP contribution in [0.5, 0.6) is 0 Å². The van der Waals surface area contributed by atoms with Gasteiger partial charge >= 0.3 is 0 Å². The molecule has 7 heteroatoms. The van der Waals surface area contributed by atoms with Crippen LogP contribution < -0.4 is 5.32 Å². The van der Waals surface area contributed by atoms with E-state index in [-0.39, 0.29) is 11.4 Å². The van der Waals surface area contributed by atoms with E-state index < -0.39 is 0 Å². The summed E-state index contributed by atoms with van der Waals surface area (Å²) in [7, 11) is 0. The van der Waals surface area contributed by atoms with Gasteiger partial charge in [0.1, 0.15) is 0 Å². The Morgan fingerprint density at radius 1 is 1.19 bits per heavy atom. The Morgan fingerprint density at radius 3 is 2.71 bits per heavy atom. The number of rotatable bonds is 6. The van der Waals surface area contributed by atoms with Crippen LogP contribution >= 0.6 is 0 Å². The van der Waals surface area contributed by atoms with Crippen molar-refractivity contribution in [3.05, 3.63) is 70.8 Å². The number of hydrogen-bond donors (Lipinski definition) is 1. The van der Waals surface area contributed by atoms with Gasteiger partial charge in [0, 0.05) is 37.6 Å². The third-order valence-corrected chi connectivity index (χ3v) is 6.15. The topological polar surface area (TPSA) is 75.9 Å². The van der Waals surface area contributed by atoms with Crippen molar-refractivity contribution in [3.63, 3.8) is 0 Å². The predicted molar refractivity (Wildman–Crippen MR) is 120 cm³/mol. The van der Waals surface area contributed by atoms with E-state index >= 15 is 0 Å². The molecule has 0 saturated heterocycles. The average Bonchev–Trinajstić information content (AvgIpc) is 3.15. The van der Waals surface area contributed by atoms with E-state index in [0.717, 1.165) is 43.9 Å². The average molecular weight is 419 g/mol. The van der Waals surface area contributed by atoms with Crippen molar-refractivity contribution in [3.8, 4) is 5.69 Å². The summed E-state index contributed by atoms with van der Waals surface area (Å²) in [6.07, 6.45) is 5.46. The monoisotopic (exact) mass is 418 g/mol. The molecule has 1 amide bonds. The number of pyridine rings is 1. The summed E-state index contributed by atoms with van der Waals surface area (Å²) in [6, 6.07) is 10.4. The zero-order valence-corrected chi connectivity index (χ0v) is 18.7. The second kappa shape index (κ2) is 8.59. The molecule has 0 saturated carbocycles. The Balaban J connectivity index is 1.57. The maximum absolute atomic E-state index is 12.8. The highest BCUT2D eigenvalue weighted by Crippen LogP contribution is 2.27. The Bertz CT molecular complexity index is 1070. The molecule has 7 nitrogen and oxygen atoms in total. The van der Waals surface area contributed by atoms with Gasteiger partial charge in [-0.25, -0.2) is 4.68 Å². The van der Waals surface area contributed by atoms with Gasteiger partial charge in [-0.15, -0.1) is 5.10 Å². The maximum Gasteiger partial charge on any atom is 0.274 e. The molecule has 0 bridgehead atoms. The first-order valence-corrected chi connectivity index (χ1v) is 10.8. The number of nitrogens with zero attached hydrogens (tertiary/aromatic N) is 5. The fourth-order valence-electron chi connectivity index (χ4n) is 3.95. The Morgan fingerprint density at radius 2 is 1.97 bits per heavy atom. The van der Waals surface area contributed by atoms with Crippen LogP contribution in [0.4, 0.5) is 0 Å². The molecule has 0 atom stereocenters. The number of amides is 1. The van der Waals surface area contributed by atoms with Crippen LogP contribution in [0.15, 0.2) is 42.7 Å². The molecule has 1 aliphatic heterocycles. The van der Waals surface area contributed by atoms with Gasteiger partial charge in [-0.1, -0.05) is 24.3 Å². The van der Waals surface area contributed by atoms with Gasteiger partial charge in [-0.3, -0.25) is 14.7 Å². The number of hydrogen-bond acceptors (Lipinski definition) is 5. The number of nitrogens with one attached hydrogen (secondary N) is 1. The third kappa shape index (κ3) is 4.51. The molecule has 162 valence electrons. The molecule has 0 fully saturated rings. The Hall–Kier alpha value is -3.06. The van der Waals surface area contributed by atoms with Crippen LogP contribution in [0.2, 0.25) is 0 Å². The number of carbonyl (C=O) groups is 1. The lowest BCUT2D eigenvalue weighted by molar-refractivity contribution is 0.0905. The van der Waals surface area contributed by atoms with Gasteiger partial charge in [0.25, 0.3) is 5.91 Å². The summed E-state index contributed by atoms with van der Waals surface area (Å²) in [5, 5.41) is 11.6. The number of aromatic nitrogens is 4. The second-order valence-corrected chi connectivity index (χ2v) is 8.86. The zero-order valence-electron chi connectivity index (χ0n) is 18.7. The lowest BCUT2D eigenvalue weighted by atomic mass is 9.97. The number of fused-ring (bicyclic) bond motifs is 1. The van der Waals surface area contributed by atoms with Crippen molar-refractivity contribution in [2.45, 2.75) is 59.2 Å². The molecule has 3 aromatic rings. The maximum atomic E-state index is 12.8. The summed E-state index contributed by atoms with van der Waals surface area (Å²) in [4.78, 5) is 19.3. The minimum absolute atomic E-state index is 0.177. The Labute approximate surface area is 183 Å². The largest absolute Gasteiger partial charge is 0.346 e. The van der Waals surface area contributed by atoms with E-state index in [9.17, 15) is 4.79 Å². The summed E-state index contributed by atoms with van der Waals surface area (Å²) in [6.45, 7) is 10.7. The van der Waals surface area contributed by atoms with Gasteiger partial charge < -0.3 is 5.32 Å². The van der Waals surface area contributed by atoms with E-state index in [1.165, 1.54) is 16.7 Å². The standard InChI is InChI=1S/C24H30N6O/c1-5-24(3,4)26-23(31)22-17(2)30(28-27-22)21-8-6-7-19-16-29(14-11-20(19)21)15-18-9-12-25-13-10-18/h6-10,12-13H,5,11,14-16H2,1-4H3,(H,26,31). The first kappa shape index (κ1) is 21.2. The van der Waals surface area contributed by atoms with Gasteiger partial charge in [-0.05, 0) is 68.5 Å². The number of benzene rings is 1. The van der Waals surface area contributed by atoms with Crippen molar-refractivity contribution in [2.75, 3.05) is 6.54 Å². The summed E-state index contributed by atoms with van der Waals surface area (Å²) in [5.74, 6) is -0.177. The highest BCUT2D eigenvalue weighted by molar-refractivity contribution is 5.93. The summed E-state index contributed by atoms with van der Waals surface area (Å²) >= 11 is 0. The van der Waals surface area contributed by atoms with Crippen LogP contribution in [0.25, 0.3) is 5.69 Å². The minimum Gasteiger partial charge on any atom is -0.346 e. The predicted octanol–water partition coefficient (Wildman–Crippen LogP) is 3.45. The lowest BCUT2D eigenvalue weighted by Crippen LogP contribution is -2.43. The highest BCUT2D eigenvalue weighted by Gasteiger charge is 2.25. The van der Waals surface area contributed by atoms with Gasteiger partial charge in [0.15, 0.2) is 5.69 Å². The Kier molecular flexibility index (Phi) is 5.87. The van der Waals surface area contributed by atoms with Crippen LogP contribution in [0.3, 0.4) is 0 Å². The quantitative estimate of drug-likeness (QED) is 0.664. The fourth-order valence-corrected chi connectivity index (χ4v) is 3.95. The number of carbonyl (C=O) groups excluding carboxylic acids is 1. The zero-order chi connectivity index (χ0) is 22.0. The fraction of sp³-hybridized carbons (Fsp3) is 0.417. The molecular formula is C24H30N6O. The highest BCUT2D eigenvalue weighted by atomic mass is 16.2. The van der Waals surface area contributed by atoms with Crippen molar-refractivity contribution < 1.29 is 4.79 Å². The second-order valence-electron chi connectivity index (χ2n) is 8.86. The van der Waals surface area contributed by atoms with E-state index in [2.05, 4.69) is 62.8 Å². The van der Waals surface area contributed by atoms with E-state index in [1.54, 1.807) is 0 Å². The summed E-state index contributed by atoms with van der Waals surface area (Å²) < 4.78 is 1.81. The molecule has 2 aromatic heterocycles. The molecule has 3 heterocycles. The first-order chi connectivity index (χ1) is 14.9. The van der Waals surface area contributed by atoms with Crippen molar-refractivity contribution in [2.24, 2.45) is 0 Å². The lowest BCUT2D eigenvalue weighted by Gasteiger charge is -2.30. The minimum atomic E-state index is -0.280. The van der Waals surface area contributed by atoms with Crippen LogP contribution in [-0.2, 0) is 19.5 Å². The first-order valence-electron chi connectivity index (χ1n) is 10.8. The van der Waals surface area contributed by atoms with Crippen LogP contribution in [-0.4, -0.2) is 42.9 Å². The van der Waals surface area contributed by atoms with Crippen LogP contribution in [0.1, 0.15) is 60.1 Å². The normalized spacial score (nSPS) is 14.3. The van der Waals surface area contributed by atoms with Crippen molar-refractivity contribution in [1.82, 2.24) is 30.2 Å². The smallest absolute Gasteiger partial charge is 0.274 e. The van der Waals surface area contributed by atoms with Gasteiger partial charge in [0.05, 0.1) is 11.4 Å². The van der Waals surface area contributed by atoms with E-state index in [4.69, 9.17) is 0 Å². The SMILES string of the molecule is CCC(C)(C)NC(=O)c1nnn(-c2cccc3c2CCN(Cc2ccncc2)C3)c1C. The molecule has 1 aliphatic rings. The molecular weight excluding hydrogens is 388 g/mol. The molecule has 0 radical (unpaired) electrons. The van der Waals surface area contributed by atoms with Crippen molar-refractivity contribution in [1.29, 1.82) is 0 Å². The molecule has 0 spiro atoms. The van der Waals surface area contributed by atoms with Crippen LogP contribution in [0, 0.1) is 6.92 Å². The molecule has 4 rings (SSSR count). The summed E-state index contributed by atoms with van der Waals surface area (Å²) in [5.41, 5.74) is 5.73.